The Hall–Kier alpha value is -7.52. The first-order valence-corrected chi connectivity index (χ1v) is 28.5. The van der Waals surface area contributed by atoms with Crippen molar-refractivity contribution in [1.29, 1.82) is 0 Å². The van der Waals surface area contributed by atoms with Crippen molar-refractivity contribution in [2.75, 3.05) is 112 Å². The van der Waals surface area contributed by atoms with Crippen molar-refractivity contribution in [2.45, 2.75) is 82.4 Å². The second-order valence-corrected chi connectivity index (χ2v) is 23.0. The molecule has 0 saturated carbocycles. The fraction of sp³-hybridized carbons (Fsp3) is 0.426. The van der Waals surface area contributed by atoms with Crippen LogP contribution >= 0.6 is 11.8 Å². The number of rotatable bonds is 26. The zero-order valence-electron chi connectivity index (χ0n) is 46.5. The summed E-state index contributed by atoms with van der Waals surface area (Å²) in [5.74, 6) is 0.486. The topological polar surface area (TPSA) is 196 Å². The number of nitrogens with zero attached hydrogens (tertiary/aromatic N) is 4. The van der Waals surface area contributed by atoms with Crippen LogP contribution in [0.5, 0.6) is 23.0 Å². The number of hydroxylamine groups is 2. The molecule has 4 amide bonds. The molecular formula is C61H70N6O13S. The molecule has 0 spiro atoms. The Kier molecular flexibility index (Phi) is 17.9. The minimum absolute atomic E-state index is 0.0322. The Morgan fingerprint density at radius 3 is 1.70 bits per heavy atom. The van der Waals surface area contributed by atoms with Gasteiger partial charge in [-0.15, -0.1) is 5.06 Å². The zero-order chi connectivity index (χ0) is 56.6. The smallest absolute Gasteiger partial charge is 0.333 e. The summed E-state index contributed by atoms with van der Waals surface area (Å²) >= 11 is 1.69. The molecular weight excluding hydrogens is 1060 g/mol. The van der Waals surface area contributed by atoms with Crippen LogP contribution in [0.25, 0.3) is 0 Å². The van der Waals surface area contributed by atoms with E-state index in [0.717, 1.165) is 52.2 Å². The number of fused-ring (bicyclic) bond motifs is 8. The molecule has 0 aromatic heterocycles. The number of hydrogen-bond acceptors (Lipinski definition) is 17. The van der Waals surface area contributed by atoms with E-state index in [4.69, 9.17) is 38.0 Å². The van der Waals surface area contributed by atoms with E-state index in [0.29, 0.717) is 122 Å². The number of carbonyl (C=O) groups is 5. The molecule has 5 aromatic carbocycles. The molecule has 10 rings (SSSR count). The number of amides is 4. The number of benzene rings is 5. The number of ether oxygens (including phenoxy) is 7. The summed E-state index contributed by atoms with van der Waals surface area (Å²) in [4.78, 5) is 76.5. The quantitative estimate of drug-likeness (QED) is 0.0396. The first kappa shape index (κ1) is 56.7. The standard InChI is InChI=1S/C61H70N6O13S/c1-61(2,81-24-10-15-58(70)80-67-56(68)16-17-57(67)69)38-64(18-19-76-22-23-77-21-20-73-3)43-26-39(36-78-54-32-48-46(30-52(54)74-4)59(71)65-44(34-62-48)28-41-11-6-8-13-50(41)65)25-40(27-43)37-79-55-33-49-47(31-53(55)75-5)60(72)66-45(35-63-49)29-42-12-7-9-14-51(42)66/h6-9,11-14,25-27,30-33,44-45,62-63H,10,15-24,28-29,34-38H2,1-5H3/t44-,45-/m0/s1. The summed E-state index contributed by atoms with van der Waals surface area (Å²) < 4.78 is 41.8. The summed E-state index contributed by atoms with van der Waals surface area (Å²) in [7, 11) is 4.76. The highest BCUT2D eigenvalue weighted by molar-refractivity contribution is 8.00. The van der Waals surface area contributed by atoms with Crippen LogP contribution in [0.1, 0.15) is 82.5 Å². The van der Waals surface area contributed by atoms with Gasteiger partial charge in [-0.3, -0.25) is 19.2 Å². The molecule has 1 fully saturated rings. The number of hydrogen-bond donors (Lipinski definition) is 2. The zero-order valence-corrected chi connectivity index (χ0v) is 47.4. The van der Waals surface area contributed by atoms with Crippen LogP contribution in [0.15, 0.2) is 91.0 Å². The van der Waals surface area contributed by atoms with E-state index in [1.54, 1.807) is 45.2 Å². The van der Waals surface area contributed by atoms with Gasteiger partial charge in [0.1, 0.15) is 13.2 Å². The van der Waals surface area contributed by atoms with Crippen molar-refractivity contribution in [3.63, 3.8) is 0 Å². The number of thioether (sulfide) groups is 1. The molecule has 2 atom stereocenters. The fourth-order valence-electron chi connectivity index (χ4n) is 11.1. The second-order valence-electron chi connectivity index (χ2n) is 21.2. The molecule has 81 heavy (non-hydrogen) atoms. The number of nitrogens with one attached hydrogen (secondary N) is 2. The molecule has 5 aromatic rings. The Balaban J connectivity index is 0.916. The molecule has 0 unspecified atom stereocenters. The predicted molar refractivity (Wildman–Crippen MR) is 308 cm³/mol. The lowest BCUT2D eigenvalue weighted by atomic mass is 10.1. The first-order valence-electron chi connectivity index (χ1n) is 27.5. The molecule has 5 aliphatic heterocycles. The van der Waals surface area contributed by atoms with Gasteiger partial charge in [0.15, 0.2) is 23.0 Å². The van der Waals surface area contributed by atoms with Gasteiger partial charge >= 0.3 is 5.97 Å². The number of para-hydroxylation sites is 2. The van der Waals surface area contributed by atoms with Crippen molar-refractivity contribution in [2.24, 2.45) is 0 Å². The lowest BCUT2D eigenvalue weighted by Crippen LogP contribution is -2.39. The summed E-state index contributed by atoms with van der Waals surface area (Å²) in [5.41, 5.74) is 8.94. The maximum absolute atomic E-state index is 14.3. The SMILES string of the molecule is COCCOCCOCCN(CC(C)(C)SCCCC(=O)ON1C(=O)CCC1=O)c1cc(COc2cc3c(cc2OC)C(=O)N2c4ccccc4C[C@H]2CN3)cc(COc2cc3c(cc2OC)C(=O)N2c4ccccc4C[C@H]2CN3)c1. The van der Waals surface area contributed by atoms with Gasteiger partial charge in [-0.2, -0.15) is 11.8 Å². The van der Waals surface area contributed by atoms with Crippen LogP contribution in [0, 0.1) is 0 Å². The Morgan fingerprint density at radius 2 is 1.17 bits per heavy atom. The molecule has 2 N–H and O–H groups in total. The summed E-state index contributed by atoms with van der Waals surface area (Å²) in [6.45, 7) is 8.82. The summed E-state index contributed by atoms with van der Waals surface area (Å²) in [5, 5.41) is 7.66. The van der Waals surface area contributed by atoms with Crippen molar-refractivity contribution in [1.82, 2.24) is 5.06 Å². The van der Waals surface area contributed by atoms with Gasteiger partial charge in [-0.05, 0) is 104 Å². The third kappa shape index (κ3) is 13.0. The lowest BCUT2D eigenvalue weighted by molar-refractivity contribution is -0.197. The first-order chi connectivity index (χ1) is 39.3. The van der Waals surface area contributed by atoms with E-state index >= 15 is 0 Å². The van der Waals surface area contributed by atoms with E-state index in [-0.39, 0.29) is 61.1 Å². The number of anilines is 5. The molecule has 5 aliphatic rings. The van der Waals surface area contributed by atoms with E-state index < -0.39 is 17.8 Å². The highest BCUT2D eigenvalue weighted by Gasteiger charge is 2.40. The molecule has 0 aliphatic carbocycles. The van der Waals surface area contributed by atoms with Crippen LogP contribution < -0.4 is 44.3 Å². The van der Waals surface area contributed by atoms with Crippen LogP contribution in [-0.4, -0.2) is 138 Å². The fourth-order valence-corrected chi connectivity index (χ4v) is 12.1. The maximum atomic E-state index is 14.3. The highest BCUT2D eigenvalue weighted by atomic mass is 32.2. The molecule has 428 valence electrons. The predicted octanol–water partition coefficient (Wildman–Crippen LogP) is 8.24. The van der Waals surface area contributed by atoms with Crippen LogP contribution in [0.2, 0.25) is 0 Å². The molecule has 19 nitrogen and oxygen atoms in total. The van der Waals surface area contributed by atoms with E-state index in [9.17, 15) is 24.0 Å². The van der Waals surface area contributed by atoms with E-state index in [2.05, 4.69) is 53.6 Å². The molecule has 1 saturated heterocycles. The maximum Gasteiger partial charge on any atom is 0.333 e. The monoisotopic (exact) mass is 1130 g/mol. The Bertz CT molecular complexity index is 2980. The molecule has 0 radical (unpaired) electrons. The van der Waals surface area contributed by atoms with Crippen molar-refractivity contribution < 1.29 is 62.0 Å². The van der Waals surface area contributed by atoms with Crippen LogP contribution in [0.4, 0.5) is 28.4 Å². The van der Waals surface area contributed by atoms with Crippen molar-refractivity contribution in [3.8, 4) is 23.0 Å². The van der Waals surface area contributed by atoms with Gasteiger partial charge in [0.05, 0.1) is 81.8 Å². The molecule has 5 heterocycles. The second kappa shape index (κ2) is 25.5. The van der Waals surface area contributed by atoms with Gasteiger partial charge in [-0.25, -0.2) is 4.79 Å². The van der Waals surface area contributed by atoms with Crippen molar-refractivity contribution >= 4 is 69.8 Å². The number of methoxy groups -OCH3 is 3. The van der Waals surface area contributed by atoms with Gasteiger partial charge in [0.25, 0.3) is 23.6 Å². The Labute approximate surface area is 476 Å². The average Bonchev–Trinajstić information content (AvgIpc) is 4.22. The van der Waals surface area contributed by atoms with E-state index in [1.807, 2.05) is 64.4 Å². The van der Waals surface area contributed by atoms with Crippen molar-refractivity contribution in [3.05, 3.63) is 124 Å². The van der Waals surface area contributed by atoms with Gasteiger partial charge < -0.3 is 63.3 Å². The molecule has 20 heteroatoms. The van der Waals surface area contributed by atoms with Crippen LogP contribution in [0.3, 0.4) is 0 Å². The largest absolute Gasteiger partial charge is 0.493 e. The normalized spacial score (nSPS) is 17.0. The minimum atomic E-state index is -0.629. The minimum Gasteiger partial charge on any atom is -0.493 e. The van der Waals surface area contributed by atoms with Crippen LogP contribution in [-0.2, 0) is 59.5 Å². The van der Waals surface area contributed by atoms with Gasteiger partial charge in [-0.1, -0.05) is 36.4 Å². The Morgan fingerprint density at radius 1 is 0.654 bits per heavy atom. The summed E-state index contributed by atoms with van der Waals surface area (Å²) in [6, 6.07) is 29.3. The van der Waals surface area contributed by atoms with Gasteiger partial charge in [0.2, 0.25) is 0 Å². The molecule has 0 bridgehead atoms. The lowest BCUT2D eigenvalue weighted by Gasteiger charge is -2.34. The number of imide groups is 1. The number of carbonyl (C=O) groups excluding carboxylic acids is 5. The third-order valence-electron chi connectivity index (χ3n) is 15.0. The highest BCUT2D eigenvalue weighted by Crippen LogP contribution is 2.43. The third-order valence-corrected chi connectivity index (χ3v) is 16.4. The van der Waals surface area contributed by atoms with Gasteiger partial charge in [0, 0.05) is 86.5 Å². The summed E-state index contributed by atoms with van der Waals surface area (Å²) in [6.07, 6.45) is 2.08. The van der Waals surface area contributed by atoms with E-state index in [1.165, 1.54) is 0 Å². The average molecular weight is 1130 g/mol.